The Morgan fingerprint density at radius 2 is 1.58 bits per heavy atom. The molecule has 1 atom stereocenters. The number of carbonyl (C=O) groups excluding carboxylic acids is 2. The zero-order chi connectivity index (χ0) is 27.5. The van der Waals surface area contributed by atoms with Gasteiger partial charge in [0, 0.05) is 37.4 Å². The van der Waals surface area contributed by atoms with Crippen LogP contribution in [0.4, 0.5) is 10.1 Å². The Morgan fingerprint density at radius 3 is 2.18 bits per heavy atom. The molecule has 0 bridgehead atoms. The van der Waals surface area contributed by atoms with E-state index in [1.165, 1.54) is 36.0 Å². The maximum atomic E-state index is 13.6. The first-order valence-electron chi connectivity index (χ1n) is 12.4. The fourth-order valence-corrected chi connectivity index (χ4v) is 4.69. The van der Waals surface area contributed by atoms with Gasteiger partial charge in [0.25, 0.3) is 5.69 Å². The van der Waals surface area contributed by atoms with E-state index >= 15 is 0 Å². The van der Waals surface area contributed by atoms with E-state index in [0.717, 1.165) is 16.7 Å². The van der Waals surface area contributed by atoms with Gasteiger partial charge in [0.15, 0.2) is 0 Å². The highest BCUT2D eigenvalue weighted by atomic mass is 32.2. The molecule has 0 aliphatic rings. The van der Waals surface area contributed by atoms with E-state index in [1.807, 2.05) is 44.2 Å². The van der Waals surface area contributed by atoms with Crippen molar-refractivity contribution < 1.29 is 18.9 Å². The number of amides is 2. The second-order valence-electron chi connectivity index (χ2n) is 9.41. The second kappa shape index (κ2) is 14.3. The molecular weight excluding hydrogens is 505 g/mol. The van der Waals surface area contributed by atoms with Gasteiger partial charge >= 0.3 is 0 Å². The molecule has 0 fully saturated rings. The maximum absolute atomic E-state index is 13.6. The first-order valence-corrected chi connectivity index (χ1v) is 13.5. The van der Waals surface area contributed by atoms with Crippen LogP contribution in [0, 0.1) is 21.8 Å². The van der Waals surface area contributed by atoms with Gasteiger partial charge in [-0.3, -0.25) is 19.7 Å². The highest BCUT2D eigenvalue weighted by Crippen LogP contribution is 2.20. The summed E-state index contributed by atoms with van der Waals surface area (Å²) in [6, 6.07) is 20.9. The largest absolute Gasteiger partial charge is 0.354 e. The van der Waals surface area contributed by atoms with E-state index in [0.29, 0.717) is 18.7 Å². The van der Waals surface area contributed by atoms with E-state index < -0.39 is 11.0 Å². The minimum atomic E-state index is -0.756. The molecule has 3 aromatic carbocycles. The van der Waals surface area contributed by atoms with Gasteiger partial charge in [0.1, 0.15) is 11.9 Å². The molecule has 3 aromatic rings. The topological polar surface area (TPSA) is 92.6 Å². The van der Waals surface area contributed by atoms with Crippen LogP contribution in [-0.4, -0.2) is 40.0 Å². The van der Waals surface area contributed by atoms with Gasteiger partial charge in [0.05, 0.1) is 10.7 Å². The quantitative estimate of drug-likeness (QED) is 0.233. The molecule has 0 spiro atoms. The first kappa shape index (κ1) is 28.8. The fourth-order valence-electron chi connectivity index (χ4n) is 3.82. The van der Waals surface area contributed by atoms with Gasteiger partial charge < -0.3 is 10.2 Å². The van der Waals surface area contributed by atoms with Crippen LogP contribution in [0.3, 0.4) is 0 Å². The predicted molar refractivity (Wildman–Crippen MR) is 148 cm³/mol. The average Bonchev–Trinajstić information content (AvgIpc) is 2.91. The number of nitro benzene ring substituents is 1. The minimum absolute atomic E-state index is 0.0106. The van der Waals surface area contributed by atoms with Crippen LogP contribution in [0.15, 0.2) is 78.9 Å². The van der Waals surface area contributed by atoms with Gasteiger partial charge in [-0.2, -0.15) is 0 Å². The molecule has 0 heterocycles. The van der Waals surface area contributed by atoms with Crippen LogP contribution >= 0.6 is 11.8 Å². The van der Waals surface area contributed by atoms with Crippen molar-refractivity contribution in [3.05, 3.63) is 111 Å². The van der Waals surface area contributed by atoms with Gasteiger partial charge in [-0.15, -0.1) is 11.8 Å². The smallest absolute Gasteiger partial charge is 0.269 e. The van der Waals surface area contributed by atoms with Crippen molar-refractivity contribution >= 4 is 29.3 Å². The normalized spacial score (nSPS) is 11.7. The lowest BCUT2D eigenvalue weighted by Gasteiger charge is -2.32. The SMILES string of the molecule is CC(C)CNC(=O)[C@@H](Cc1ccccc1)N(Cc1ccc(F)cc1)C(=O)CSCc1ccc([N+](=O)[O-])cc1. The van der Waals surface area contributed by atoms with Gasteiger partial charge in [0.2, 0.25) is 11.8 Å². The number of carbonyl (C=O) groups is 2. The number of benzene rings is 3. The molecule has 0 aliphatic heterocycles. The Labute approximate surface area is 226 Å². The standard InChI is InChI=1S/C29H32FN3O4S/c1-21(2)17-31-29(35)27(16-22-6-4-3-5-7-22)32(18-23-8-12-25(30)13-9-23)28(34)20-38-19-24-10-14-26(15-11-24)33(36)37/h3-15,21,27H,16-20H2,1-2H3,(H,31,35)/t27-/m1/s1. The number of nitrogens with zero attached hydrogens (tertiary/aromatic N) is 2. The molecule has 38 heavy (non-hydrogen) atoms. The average molecular weight is 538 g/mol. The summed E-state index contributed by atoms with van der Waals surface area (Å²) in [5, 5.41) is 13.9. The molecule has 3 rings (SSSR count). The molecule has 0 aromatic heterocycles. The Kier molecular flexibility index (Phi) is 10.8. The number of rotatable bonds is 13. The van der Waals surface area contributed by atoms with Gasteiger partial charge in [-0.05, 0) is 34.7 Å². The van der Waals surface area contributed by atoms with E-state index in [2.05, 4.69) is 5.32 Å². The highest BCUT2D eigenvalue weighted by molar-refractivity contribution is 7.99. The zero-order valence-electron chi connectivity index (χ0n) is 21.5. The van der Waals surface area contributed by atoms with E-state index in [9.17, 15) is 24.1 Å². The Hall–Kier alpha value is -3.72. The van der Waals surface area contributed by atoms with Crippen molar-refractivity contribution in [3.63, 3.8) is 0 Å². The van der Waals surface area contributed by atoms with Crippen molar-refractivity contribution in [2.75, 3.05) is 12.3 Å². The molecule has 0 radical (unpaired) electrons. The lowest BCUT2D eigenvalue weighted by atomic mass is 10.0. The molecule has 7 nitrogen and oxygen atoms in total. The van der Waals surface area contributed by atoms with Crippen LogP contribution in [0.5, 0.6) is 0 Å². The molecule has 2 amide bonds. The van der Waals surface area contributed by atoms with E-state index in [1.54, 1.807) is 29.2 Å². The third-order valence-electron chi connectivity index (χ3n) is 5.86. The molecule has 0 aliphatic carbocycles. The number of halogens is 1. The third kappa shape index (κ3) is 8.99. The monoisotopic (exact) mass is 537 g/mol. The summed E-state index contributed by atoms with van der Waals surface area (Å²) >= 11 is 1.37. The third-order valence-corrected chi connectivity index (χ3v) is 6.85. The lowest BCUT2D eigenvalue weighted by molar-refractivity contribution is -0.384. The van der Waals surface area contributed by atoms with Crippen LogP contribution in [-0.2, 0) is 28.3 Å². The molecule has 0 saturated carbocycles. The van der Waals surface area contributed by atoms with Gasteiger partial charge in [-0.25, -0.2) is 4.39 Å². The number of nitrogens with one attached hydrogen (secondary N) is 1. The number of hydrogen-bond donors (Lipinski definition) is 1. The summed E-state index contributed by atoms with van der Waals surface area (Å²) in [5.74, 6) is 0.00803. The summed E-state index contributed by atoms with van der Waals surface area (Å²) in [6.45, 7) is 4.65. The van der Waals surface area contributed by atoms with E-state index in [4.69, 9.17) is 0 Å². The zero-order valence-corrected chi connectivity index (χ0v) is 22.3. The summed E-state index contributed by atoms with van der Waals surface area (Å²) in [6.07, 6.45) is 0.338. The lowest BCUT2D eigenvalue weighted by Crippen LogP contribution is -2.51. The summed E-state index contributed by atoms with van der Waals surface area (Å²) in [5.41, 5.74) is 2.51. The van der Waals surface area contributed by atoms with Gasteiger partial charge in [-0.1, -0.05) is 68.4 Å². The summed E-state index contributed by atoms with van der Waals surface area (Å²) < 4.78 is 13.5. The Morgan fingerprint density at radius 1 is 0.947 bits per heavy atom. The van der Waals surface area contributed by atoms with Crippen molar-refractivity contribution in [3.8, 4) is 0 Å². The molecule has 9 heteroatoms. The van der Waals surface area contributed by atoms with Crippen LogP contribution in [0.25, 0.3) is 0 Å². The fraction of sp³-hybridized carbons (Fsp3) is 0.310. The molecule has 1 N–H and O–H groups in total. The summed E-state index contributed by atoms with van der Waals surface area (Å²) in [4.78, 5) is 39.0. The van der Waals surface area contributed by atoms with Crippen LogP contribution in [0.2, 0.25) is 0 Å². The summed E-state index contributed by atoms with van der Waals surface area (Å²) in [7, 11) is 0. The molecular formula is C29H32FN3O4S. The number of thioether (sulfide) groups is 1. The second-order valence-corrected chi connectivity index (χ2v) is 10.4. The van der Waals surface area contributed by atoms with Crippen molar-refractivity contribution in [1.29, 1.82) is 0 Å². The molecule has 200 valence electrons. The van der Waals surface area contributed by atoms with Crippen molar-refractivity contribution in [1.82, 2.24) is 10.2 Å². The number of hydrogen-bond acceptors (Lipinski definition) is 5. The Bertz CT molecular complexity index is 1200. The van der Waals surface area contributed by atoms with Crippen molar-refractivity contribution in [2.45, 2.75) is 38.6 Å². The Balaban J connectivity index is 1.81. The highest BCUT2D eigenvalue weighted by Gasteiger charge is 2.30. The van der Waals surface area contributed by atoms with Crippen LogP contribution < -0.4 is 5.32 Å². The maximum Gasteiger partial charge on any atom is 0.269 e. The molecule has 0 saturated heterocycles. The number of non-ortho nitro benzene ring substituents is 1. The number of nitro groups is 1. The molecule has 0 unspecified atom stereocenters. The van der Waals surface area contributed by atoms with Crippen LogP contribution in [0.1, 0.15) is 30.5 Å². The van der Waals surface area contributed by atoms with Crippen molar-refractivity contribution in [2.24, 2.45) is 5.92 Å². The first-order chi connectivity index (χ1) is 18.2. The predicted octanol–water partition coefficient (Wildman–Crippen LogP) is 5.38. The van der Waals surface area contributed by atoms with E-state index in [-0.39, 0.29) is 41.5 Å². The minimum Gasteiger partial charge on any atom is -0.354 e.